The largest absolute Gasteiger partial charge is 0.497 e. The molecule has 0 saturated carbocycles. The molecule has 4 rings (SSSR count). The highest BCUT2D eigenvalue weighted by atomic mass is 16.5. The molecule has 0 fully saturated rings. The number of rotatable bonds is 7. The Labute approximate surface area is 179 Å². The summed E-state index contributed by atoms with van der Waals surface area (Å²) in [4.78, 5) is 13.1. The highest BCUT2D eigenvalue weighted by Crippen LogP contribution is 2.31. The van der Waals surface area contributed by atoms with Crippen LogP contribution >= 0.6 is 0 Å². The summed E-state index contributed by atoms with van der Waals surface area (Å²) in [6.07, 6.45) is -0.623. The second-order valence-corrected chi connectivity index (χ2v) is 6.74. The third kappa shape index (κ3) is 4.00. The van der Waals surface area contributed by atoms with Crippen molar-refractivity contribution in [1.29, 1.82) is 0 Å². The van der Waals surface area contributed by atoms with Gasteiger partial charge in [0, 0.05) is 11.1 Å². The lowest BCUT2D eigenvalue weighted by Crippen LogP contribution is -2.34. The second-order valence-electron chi connectivity index (χ2n) is 6.74. The third-order valence-corrected chi connectivity index (χ3v) is 4.97. The molecule has 158 valence electrons. The number of hydrogen-bond donors (Lipinski definition) is 1. The Morgan fingerprint density at radius 1 is 0.903 bits per heavy atom. The van der Waals surface area contributed by atoms with Gasteiger partial charge in [-0.25, -0.2) is 4.68 Å². The first-order valence-electron chi connectivity index (χ1n) is 9.61. The number of para-hydroxylation sites is 1. The maximum absolute atomic E-state index is 13.1. The van der Waals surface area contributed by atoms with Crippen LogP contribution in [0.5, 0.6) is 17.2 Å². The molecule has 1 heterocycles. The zero-order chi connectivity index (χ0) is 21.8. The topological polar surface area (TPSA) is 87.5 Å². The van der Waals surface area contributed by atoms with Gasteiger partial charge < -0.3 is 19.5 Å². The fourth-order valence-electron chi connectivity index (χ4n) is 3.34. The molecule has 1 aromatic heterocycles. The number of nitrogens with one attached hydrogen (secondary N) is 1. The fraction of sp³-hybridized carbons (Fsp3) is 0.174. The van der Waals surface area contributed by atoms with Gasteiger partial charge in [0.25, 0.3) is 5.91 Å². The summed E-state index contributed by atoms with van der Waals surface area (Å²) in [5.41, 5.74) is 2.77. The number of carbonyl (C=O) groups excluding carboxylic acids is 1. The summed E-state index contributed by atoms with van der Waals surface area (Å²) >= 11 is 0. The second kappa shape index (κ2) is 8.74. The minimum absolute atomic E-state index is 0.262. The quantitative estimate of drug-likeness (QED) is 0.495. The molecule has 0 saturated heterocycles. The van der Waals surface area contributed by atoms with Crippen LogP contribution in [0.3, 0.4) is 0 Å². The van der Waals surface area contributed by atoms with Gasteiger partial charge in [0.1, 0.15) is 11.3 Å². The number of carbonyl (C=O) groups is 1. The van der Waals surface area contributed by atoms with Crippen LogP contribution in [0.25, 0.3) is 11.0 Å². The predicted octanol–water partition coefficient (Wildman–Crippen LogP) is 3.43. The molecular formula is C23H22N4O4. The summed E-state index contributed by atoms with van der Waals surface area (Å²) in [7, 11) is 4.72. The Kier molecular flexibility index (Phi) is 5.70. The standard InChI is InChI=1S/C23H22N4O4/c1-29-17-11-8-15(9-12-17)23(28)24-22(16-10-13-20(30-2)21(14-16)31-3)27-19-7-5-4-6-18(19)25-26-27/h4-14,22H,1-3H3,(H,24,28)/t22-/m0/s1. The lowest BCUT2D eigenvalue weighted by Gasteiger charge is -2.21. The van der Waals surface area contributed by atoms with Crippen LogP contribution < -0.4 is 19.5 Å². The van der Waals surface area contributed by atoms with Crippen LogP contribution in [-0.4, -0.2) is 42.2 Å². The van der Waals surface area contributed by atoms with Crippen molar-refractivity contribution in [2.75, 3.05) is 21.3 Å². The minimum Gasteiger partial charge on any atom is -0.497 e. The van der Waals surface area contributed by atoms with E-state index in [1.807, 2.05) is 36.4 Å². The van der Waals surface area contributed by atoms with Crippen LogP contribution in [0.1, 0.15) is 22.1 Å². The molecule has 0 aliphatic heterocycles. The SMILES string of the molecule is COc1ccc(C(=O)N[C@H](c2ccc(OC)c(OC)c2)n2nnc3ccccc32)cc1. The van der Waals surface area contributed by atoms with Gasteiger partial charge in [-0.15, -0.1) is 5.10 Å². The Bertz CT molecular complexity index is 1200. The molecule has 0 aliphatic carbocycles. The molecule has 0 unspecified atom stereocenters. The number of ether oxygens (including phenoxy) is 3. The van der Waals surface area contributed by atoms with Gasteiger partial charge in [0.2, 0.25) is 0 Å². The Hall–Kier alpha value is -4.07. The molecule has 1 amide bonds. The normalized spacial score (nSPS) is 11.7. The summed E-state index contributed by atoms with van der Waals surface area (Å²) < 4.78 is 17.6. The van der Waals surface area contributed by atoms with E-state index in [4.69, 9.17) is 14.2 Å². The molecule has 8 nitrogen and oxygen atoms in total. The summed E-state index contributed by atoms with van der Waals surface area (Å²) in [6.45, 7) is 0. The molecule has 0 radical (unpaired) electrons. The Morgan fingerprint density at radius 3 is 2.35 bits per heavy atom. The molecule has 31 heavy (non-hydrogen) atoms. The molecule has 1 atom stereocenters. The number of fused-ring (bicyclic) bond motifs is 1. The number of amides is 1. The van der Waals surface area contributed by atoms with E-state index in [0.29, 0.717) is 22.8 Å². The number of methoxy groups -OCH3 is 3. The van der Waals surface area contributed by atoms with Crippen molar-refractivity contribution in [3.63, 3.8) is 0 Å². The average molecular weight is 418 g/mol. The molecule has 3 aromatic carbocycles. The van der Waals surface area contributed by atoms with Gasteiger partial charge in [0.15, 0.2) is 17.7 Å². The number of hydrogen-bond acceptors (Lipinski definition) is 6. The average Bonchev–Trinajstić information content (AvgIpc) is 3.26. The van der Waals surface area contributed by atoms with Gasteiger partial charge in [-0.1, -0.05) is 23.4 Å². The molecule has 4 aromatic rings. The zero-order valence-electron chi connectivity index (χ0n) is 17.4. The lowest BCUT2D eigenvalue weighted by atomic mass is 10.1. The van der Waals surface area contributed by atoms with Crippen molar-refractivity contribution in [2.24, 2.45) is 0 Å². The first kappa shape index (κ1) is 20.2. The van der Waals surface area contributed by atoms with Crippen molar-refractivity contribution >= 4 is 16.9 Å². The van der Waals surface area contributed by atoms with Crippen molar-refractivity contribution in [3.05, 3.63) is 77.9 Å². The van der Waals surface area contributed by atoms with E-state index < -0.39 is 6.17 Å². The van der Waals surface area contributed by atoms with E-state index in [0.717, 1.165) is 16.6 Å². The van der Waals surface area contributed by atoms with E-state index in [-0.39, 0.29) is 5.91 Å². The number of aromatic nitrogens is 3. The fourth-order valence-corrected chi connectivity index (χ4v) is 3.34. The van der Waals surface area contributed by atoms with Gasteiger partial charge in [-0.05, 0) is 48.5 Å². The maximum Gasteiger partial charge on any atom is 0.253 e. The molecular weight excluding hydrogens is 396 g/mol. The Balaban J connectivity index is 1.76. The van der Waals surface area contributed by atoms with Crippen LogP contribution in [0.2, 0.25) is 0 Å². The lowest BCUT2D eigenvalue weighted by molar-refractivity contribution is 0.0927. The molecule has 0 bridgehead atoms. The third-order valence-electron chi connectivity index (χ3n) is 4.97. The van der Waals surface area contributed by atoms with Crippen molar-refractivity contribution in [1.82, 2.24) is 20.3 Å². The zero-order valence-corrected chi connectivity index (χ0v) is 17.4. The van der Waals surface area contributed by atoms with E-state index in [1.165, 1.54) is 0 Å². The van der Waals surface area contributed by atoms with Crippen LogP contribution in [0.15, 0.2) is 66.7 Å². The monoisotopic (exact) mass is 418 g/mol. The van der Waals surface area contributed by atoms with E-state index in [1.54, 1.807) is 56.3 Å². The molecule has 1 N–H and O–H groups in total. The number of nitrogens with zero attached hydrogens (tertiary/aromatic N) is 3. The van der Waals surface area contributed by atoms with E-state index in [9.17, 15) is 4.79 Å². The first-order valence-corrected chi connectivity index (χ1v) is 9.61. The van der Waals surface area contributed by atoms with Gasteiger partial charge in [-0.2, -0.15) is 0 Å². The highest BCUT2D eigenvalue weighted by molar-refractivity contribution is 5.94. The summed E-state index contributed by atoms with van der Waals surface area (Å²) in [5, 5.41) is 11.6. The van der Waals surface area contributed by atoms with Gasteiger partial charge >= 0.3 is 0 Å². The molecule has 0 spiro atoms. The number of benzene rings is 3. The van der Waals surface area contributed by atoms with Crippen LogP contribution in [0.4, 0.5) is 0 Å². The van der Waals surface area contributed by atoms with E-state index in [2.05, 4.69) is 15.6 Å². The first-order chi connectivity index (χ1) is 15.1. The minimum atomic E-state index is -0.623. The smallest absolute Gasteiger partial charge is 0.253 e. The summed E-state index contributed by atoms with van der Waals surface area (Å²) in [6, 6.07) is 19.9. The molecule has 8 heteroatoms. The van der Waals surface area contributed by atoms with Crippen molar-refractivity contribution in [3.8, 4) is 17.2 Å². The molecule has 0 aliphatic rings. The van der Waals surface area contributed by atoms with E-state index >= 15 is 0 Å². The summed E-state index contributed by atoms with van der Waals surface area (Å²) in [5.74, 6) is 1.56. The Morgan fingerprint density at radius 2 is 1.65 bits per heavy atom. The highest BCUT2D eigenvalue weighted by Gasteiger charge is 2.22. The van der Waals surface area contributed by atoms with Crippen LogP contribution in [-0.2, 0) is 0 Å². The van der Waals surface area contributed by atoms with Crippen molar-refractivity contribution in [2.45, 2.75) is 6.17 Å². The van der Waals surface area contributed by atoms with Crippen molar-refractivity contribution < 1.29 is 19.0 Å². The maximum atomic E-state index is 13.1. The van der Waals surface area contributed by atoms with Crippen LogP contribution in [0, 0.1) is 0 Å². The van der Waals surface area contributed by atoms with Gasteiger partial charge in [-0.3, -0.25) is 4.79 Å². The predicted molar refractivity (Wildman–Crippen MR) is 116 cm³/mol. The van der Waals surface area contributed by atoms with Gasteiger partial charge in [0.05, 0.1) is 26.8 Å².